The SMILES string of the molecule is Cc1cnc(C(=O)OC(C)C(=O)c2ccc(C(C)(C)C)cc2)cn1. The van der Waals surface area contributed by atoms with Gasteiger partial charge < -0.3 is 4.74 Å². The van der Waals surface area contributed by atoms with Crippen molar-refractivity contribution in [1.29, 1.82) is 0 Å². The van der Waals surface area contributed by atoms with Crippen LogP contribution in [0.1, 0.15) is 59.8 Å². The first-order chi connectivity index (χ1) is 11.2. The molecule has 0 spiro atoms. The lowest BCUT2D eigenvalue weighted by atomic mass is 9.86. The van der Waals surface area contributed by atoms with Crippen LogP contribution in [0.3, 0.4) is 0 Å². The highest BCUT2D eigenvalue weighted by atomic mass is 16.5. The molecular formula is C19H22N2O3. The summed E-state index contributed by atoms with van der Waals surface area (Å²) in [5.74, 6) is -0.904. The Bertz CT molecular complexity index is 729. The molecule has 0 bridgehead atoms. The number of hydrogen-bond donors (Lipinski definition) is 0. The summed E-state index contributed by atoms with van der Waals surface area (Å²) in [7, 11) is 0. The van der Waals surface area contributed by atoms with Crippen LogP contribution in [0.5, 0.6) is 0 Å². The first kappa shape index (κ1) is 17.8. The molecule has 0 N–H and O–H groups in total. The highest BCUT2D eigenvalue weighted by Crippen LogP contribution is 2.22. The molecule has 0 saturated carbocycles. The smallest absolute Gasteiger partial charge is 0.359 e. The van der Waals surface area contributed by atoms with E-state index in [4.69, 9.17) is 4.74 Å². The molecule has 0 saturated heterocycles. The maximum absolute atomic E-state index is 12.4. The minimum Gasteiger partial charge on any atom is -0.449 e. The molecule has 126 valence electrons. The topological polar surface area (TPSA) is 69.2 Å². The van der Waals surface area contributed by atoms with E-state index in [1.54, 1.807) is 26.0 Å². The molecule has 5 nitrogen and oxygen atoms in total. The molecule has 0 aliphatic carbocycles. The largest absolute Gasteiger partial charge is 0.449 e. The van der Waals surface area contributed by atoms with Gasteiger partial charge in [0.1, 0.15) is 0 Å². The van der Waals surface area contributed by atoms with E-state index >= 15 is 0 Å². The third-order valence-corrected chi connectivity index (χ3v) is 3.68. The lowest BCUT2D eigenvalue weighted by Crippen LogP contribution is -2.25. The van der Waals surface area contributed by atoms with Crippen LogP contribution in [0.2, 0.25) is 0 Å². The van der Waals surface area contributed by atoms with Crippen LogP contribution in [-0.4, -0.2) is 27.8 Å². The third kappa shape index (κ3) is 4.25. The van der Waals surface area contributed by atoms with Crippen molar-refractivity contribution in [3.63, 3.8) is 0 Å². The number of rotatable bonds is 4. The van der Waals surface area contributed by atoms with Crippen LogP contribution in [0.25, 0.3) is 0 Å². The second kappa shape index (κ2) is 6.91. The van der Waals surface area contributed by atoms with E-state index < -0.39 is 12.1 Å². The number of ether oxygens (including phenoxy) is 1. The van der Waals surface area contributed by atoms with Crippen LogP contribution in [0, 0.1) is 6.92 Å². The Morgan fingerprint density at radius 1 is 1.04 bits per heavy atom. The first-order valence-electron chi connectivity index (χ1n) is 7.83. The van der Waals surface area contributed by atoms with Gasteiger partial charge >= 0.3 is 5.97 Å². The Labute approximate surface area is 142 Å². The van der Waals surface area contributed by atoms with Crippen molar-refractivity contribution < 1.29 is 14.3 Å². The predicted octanol–water partition coefficient (Wildman–Crippen LogP) is 3.51. The van der Waals surface area contributed by atoms with E-state index in [1.807, 2.05) is 12.1 Å². The molecule has 2 rings (SSSR count). The summed E-state index contributed by atoms with van der Waals surface area (Å²) in [6.45, 7) is 9.65. The third-order valence-electron chi connectivity index (χ3n) is 3.68. The number of nitrogens with zero attached hydrogens (tertiary/aromatic N) is 2. The molecule has 0 radical (unpaired) electrons. The van der Waals surface area contributed by atoms with Crippen molar-refractivity contribution in [1.82, 2.24) is 9.97 Å². The Kier molecular flexibility index (Phi) is 5.12. The quantitative estimate of drug-likeness (QED) is 0.635. The summed E-state index contributed by atoms with van der Waals surface area (Å²) in [6, 6.07) is 7.37. The number of aryl methyl sites for hydroxylation is 1. The summed E-state index contributed by atoms with van der Waals surface area (Å²) in [4.78, 5) is 32.4. The number of aromatic nitrogens is 2. The summed E-state index contributed by atoms with van der Waals surface area (Å²) in [5.41, 5.74) is 2.46. The van der Waals surface area contributed by atoms with Crippen molar-refractivity contribution >= 4 is 11.8 Å². The molecule has 1 aromatic carbocycles. The Hall–Kier alpha value is -2.56. The standard InChI is InChI=1S/C19H22N2O3/c1-12-10-21-16(11-20-12)18(23)24-13(2)17(22)14-6-8-15(9-7-14)19(3,4)5/h6-11,13H,1-5H3. The summed E-state index contributed by atoms with van der Waals surface area (Å²) in [5, 5.41) is 0. The minimum atomic E-state index is -0.888. The maximum atomic E-state index is 12.4. The van der Waals surface area contributed by atoms with Gasteiger partial charge in [0.25, 0.3) is 0 Å². The fraction of sp³-hybridized carbons (Fsp3) is 0.368. The fourth-order valence-corrected chi connectivity index (χ4v) is 2.14. The molecule has 5 heteroatoms. The fourth-order valence-electron chi connectivity index (χ4n) is 2.14. The van der Waals surface area contributed by atoms with Crippen molar-refractivity contribution in [3.05, 3.63) is 59.2 Å². The van der Waals surface area contributed by atoms with Gasteiger partial charge in [0, 0.05) is 11.8 Å². The second-order valence-corrected chi connectivity index (χ2v) is 6.78. The van der Waals surface area contributed by atoms with Gasteiger partial charge in [-0.1, -0.05) is 45.0 Å². The van der Waals surface area contributed by atoms with Crippen LogP contribution < -0.4 is 0 Å². The molecular weight excluding hydrogens is 304 g/mol. The molecule has 0 aliphatic rings. The van der Waals surface area contributed by atoms with Gasteiger partial charge in [-0.25, -0.2) is 9.78 Å². The predicted molar refractivity (Wildman–Crippen MR) is 91.1 cm³/mol. The highest BCUT2D eigenvalue weighted by molar-refractivity contribution is 6.01. The first-order valence-corrected chi connectivity index (χ1v) is 7.83. The lowest BCUT2D eigenvalue weighted by molar-refractivity contribution is 0.0312. The number of hydrogen-bond acceptors (Lipinski definition) is 5. The summed E-state index contributed by atoms with van der Waals surface area (Å²) >= 11 is 0. The number of carbonyl (C=O) groups is 2. The Morgan fingerprint density at radius 2 is 1.67 bits per heavy atom. The highest BCUT2D eigenvalue weighted by Gasteiger charge is 2.22. The molecule has 24 heavy (non-hydrogen) atoms. The van der Waals surface area contributed by atoms with Crippen LogP contribution in [0.4, 0.5) is 0 Å². The van der Waals surface area contributed by atoms with Crippen molar-refractivity contribution in [2.45, 2.75) is 46.1 Å². The average Bonchev–Trinajstić information content (AvgIpc) is 2.54. The molecule has 1 unspecified atom stereocenters. The van der Waals surface area contributed by atoms with Gasteiger partial charge in [0.15, 0.2) is 11.8 Å². The zero-order chi connectivity index (χ0) is 17.9. The number of carbonyl (C=O) groups excluding carboxylic acids is 2. The maximum Gasteiger partial charge on any atom is 0.359 e. The Balaban J connectivity index is 2.06. The average molecular weight is 326 g/mol. The van der Waals surface area contributed by atoms with Crippen LogP contribution >= 0.6 is 0 Å². The normalized spacial score (nSPS) is 12.5. The zero-order valence-electron chi connectivity index (χ0n) is 14.7. The molecule has 1 heterocycles. The molecule has 0 fully saturated rings. The van der Waals surface area contributed by atoms with E-state index in [2.05, 4.69) is 30.7 Å². The van der Waals surface area contributed by atoms with Gasteiger partial charge in [0.2, 0.25) is 5.78 Å². The number of esters is 1. The van der Waals surface area contributed by atoms with Gasteiger partial charge in [-0.3, -0.25) is 9.78 Å². The van der Waals surface area contributed by atoms with Crippen molar-refractivity contribution in [2.24, 2.45) is 0 Å². The molecule has 0 amide bonds. The van der Waals surface area contributed by atoms with E-state index in [9.17, 15) is 9.59 Å². The number of ketones is 1. The van der Waals surface area contributed by atoms with Crippen LogP contribution in [0.15, 0.2) is 36.7 Å². The van der Waals surface area contributed by atoms with E-state index in [1.165, 1.54) is 12.4 Å². The van der Waals surface area contributed by atoms with Gasteiger partial charge in [-0.15, -0.1) is 0 Å². The summed E-state index contributed by atoms with van der Waals surface area (Å²) < 4.78 is 5.20. The van der Waals surface area contributed by atoms with Crippen LogP contribution in [-0.2, 0) is 10.2 Å². The minimum absolute atomic E-state index is 0.0176. The zero-order valence-corrected chi connectivity index (χ0v) is 14.7. The Morgan fingerprint density at radius 3 is 2.17 bits per heavy atom. The van der Waals surface area contributed by atoms with Gasteiger partial charge in [-0.05, 0) is 24.8 Å². The number of benzene rings is 1. The molecule has 1 atom stereocenters. The van der Waals surface area contributed by atoms with Gasteiger partial charge in [-0.2, -0.15) is 0 Å². The number of Topliss-reactive ketones (excluding diaryl/α,β-unsaturated/α-hetero) is 1. The monoisotopic (exact) mass is 326 g/mol. The van der Waals surface area contributed by atoms with Crippen molar-refractivity contribution in [2.75, 3.05) is 0 Å². The lowest BCUT2D eigenvalue weighted by Gasteiger charge is -2.19. The van der Waals surface area contributed by atoms with Gasteiger partial charge in [0.05, 0.1) is 11.9 Å². The van der Waals surface area contributed by atoms with E-state index in [0.29, 0.717) is 11.3 Å². The van der Waals surface area contributed by atoms with E-state index in [-0.39, 0.29) is 16.9 Å². The molecule has 0 aliphatic heterocycles. The van der Waals surface area contributed by atoms with Crippen molar-refractivity contribution in [3.8, 4) is 0 Å². The molecule has 1 aromatic heterocycles. The summed E-state index contributed by atoms with van der Waals surface area (Å²) in [6.07, 6.45) is 1.93. The second-order valence-electron chi connectivity index (χ2n) is 6.78. The van der Waals surface area contributed by atoms with E-state index in [0.717, 1.165) is 5.56 Å². The molecule has 2 aromatic rings.